The van der Waals surface area contributed by atoms with Crippen molar-refractivity contribution in [2.24, 2.45) is 7.05 Å². The number of carbonyl (C=O) groups excluding carboxylic acids is 2. The number of halogens is 2. The molecule has 38 heavy (non-hydrogen) atoms. The lowest BCUT2D eigenvalue weighted by molar-refractivity contribution is -0.120. The van der Waals surface area contributed by atoms with Crippen LogP contribution in [0.1, 0.15) is 34.4 Å². The van der Waals surface area contributed by atoms with Crippen LogP contribution in [0.5, 0.6) is 0 Å². The third kappa shape index (κ3) is 5.68. The standard InChI is InChI=1S/C25H27ClFN5O4S2/c1-16(21-7-8-22(26)37-21)15-38(35,36)32(14-23-28-10-12-30(23)4)20-9-11-31(25(20)34)19-6-5-17(13-18(19)27)24(33)29(2)3/h5-8,10,12-13,15,20H,9,11,14H2,1-4H3/b16-15+. The average molecular weight is 580 g/mol. The lowest BCUT2D eigenvalue weighted by atomic mass is 10.1. The van der Waals surface area contributed by atoms with E-state index in [0.717, 1.165) is 15.8 Å². The Labute approximate surface area is 229 Å². The molecule has 1 atom stereocenters. The Morgan fingerprint density at radius 1 is 1.29 bits per heavy atom. The maximum absolute atomic E-state index is 15.1. The van der Waals surface area contributed by atoms with Crippen molar-refractivity contribution < 1.29 is 22.4 Å². The summed E-state index contributed by atoms with van der Waals surface area (Å²) in [5.41, 5.74) is 0.607. The number of hydrogen-bond donors (Lipinski definition) is 0. The number of benzene rings is 1. The number of hydrogen-bond acceptors (Lipinski definition) is 6. The first-order valence-electron chi connectivity index (χ1n) is 11.6. The highest BCUT2D eigenvalue weighted by Gasteiger charge is 2.42. The van der Waals surface area contributed by atoms with E-state index in [0.29, 0.717) is 20.6 Å². The summed E-state index contributed by atoms with van der Waals surface area (Å²) in [5, 5.41) is 1.12. The number of allylic oxidation sites excluding steroid dienone is 1. The SMILES string of the molecule is C/C(=C\S(=O)(=O)N(Cc1nccn1C)C1CCN(c2ccc(C(=O)N(C)C)cc2F)C1=O)c1ccc(Cl)s1. The maximum Gasteiger partial charge on any atom is 0.253 e. The molecular formula is C25H27ClFN5O4S2. The van der Waals surface area contributed by atoms with Crippen LogP contribution in [0.15, 0.2) is 48.1 Å². The van der Waals surface area contributed by atoms with Gasteiger partial charge in [-0.15, -0.1) is 11.3 Å². The van der Waals surface area contributed by atoms with Gasteiger partial charge in [-0.3, -0.25) is 9.59 Å². The number of rotatable bonds is 8. The molecule has 2 amide bonds. The van der Waals surface area contributed by atoms with Gasteiger partial charge in [0.1, 0.15) is 17.7 Å². The van der Waals surface area contributed by atoms with Crippen molar-refractivity contribution in [3.63, 3.8) is 0 Å². The minimum atomic E-state index is -4.12. The zero-order chi connectivity index (χ0) is 27.8. The number of aryl methyl sites for hydroxylation is 1. The second-order valence-corrected chi connectivity index (χ2v) is 12.6. The van der Waals surface area contributed by atoms with Crippen molar-refractivity contribution in [2.45, 2.75) is 25.9 Å². The van der Waals surface area contributed by atoms with Crippen molar-refractivity contribution in [3.05, 3.63) is 74.6 Å². The predicted octanol–water partition coefficient (Wildman–Crippen LogP) is 3.97. The number of thiophene rings is 1. The van der Waals surface area contributed by atoms with Crippen LogP contribution >= 0.6 is 22.9 Å². The molecule has 3 heterocycles. The highest BCUT2D eigenvalue weighted by atomic mass is 35.5. The molecule has 4 rings (SSSR count). The van der Waals surface area contributed by atoms with E-state index in [1.54, 1.807) is 57.2 Å². The fraction of sp³-hybridized carbons (Fsp3) is 0.320. The van der Waals surface area contributed by atoms with Crippen LogP contribution in [0.25, 0.3) is 5.57 Å². The summed E-state index contributed by atoms with van der Waals surface area (Å²) in [7, 11) is 0.726. The lowest BCUT2D eigenvalue weighted by Crippen LogP contribution is -2.44. The van der Waals surface area contributed by atoms with Gasteiger partial charge in [-0.05, 0) is 49.2 Å². The summed E-state index contributed by atoms with van der Waals surface area (Å²) in [6.07, 6.45) is 3.38. The number of nitrogens with zero attached hydrogens (tertiary/aromatic N) is 5. The van der Waals surface area contributed by atoms with Crippen molar-refractivity contribution in [1.29, 1.82) is 0 Å². The molecule has 0 N–H and O–H groups in total. The first kappa shape index (κ1) is 28.0. The van der Waals surface area contributed by atoms with Crippen LogP contribution in [0.3, 0.4) is 0 Å². The van der Waals surface area contributed by atoms with Crippen LogP contribution in [-0.4, -0.2) is 65.7 Å². The number of aromatic nitrogens is 2. The molecule has 0 spiro atoms. The molecular weight excluding hydrogens is 553 g/mol. The Morgan fingerprint density at radius 3 is 2.61 bits per heavy atom. The minimum Gasteiger partial charge on any atom is -0.345 e. The van der Waals surface area contributed by atoms with E-state index in [1.807, 2.05) is 0 Å². The van der Waals surface area contributed by atoms with E-state index in [1.165, 1.54) is 33.3 Å². The third-order valence-electron chi connectivity index (χ3n) is 6.25. The monoisotopic (exact) mass is 579 g/mol. The molecule has 3 aromatic rings. The van der Waals surface area contributed by atoms with Gasteiger partial charge in [0.15, 0.2) is 0 Å². The molecule has 0 bridgehead atoms. The van der Waals surface area contributed by atoms with E-state index >= 15 is 4.39 Å². The van der Waals surface area contributed by atoms with Crippen LogP contribution in [0, 0.1) is 5.82 Å². The number of sulfonamides is 1. The second-order valence-electron chi connectivity index (χ2n) is 9.11. The van der Waals surface area contributed by atoms with Gasteiger partial charge in [-0.2, -0.15) is 4.31 Å². The van der Waals surface area contributed by atoms with E-state index in [-0.39, 0.29) is 36.7 Å². The largest absolute Gasteiger partial charge is 0.345 e. The van der Waals surface area contributed by atoms with Gasteiger partial charge in [0, 0.05) is 50.5 Å². The third-order valence-corrected chi connectivity index (χ3v) is 9.30. The Hall–Kier alpha value is -3.06. The van der Waals surface area contributed by atoms with Crippen LogP contribution < -0.4 is 4.90 Å². The summed E-state index contributed by atoms with van der Waals surface area (Å²) < 4.78 is 45.7. The molecule has 2 aromatic heterocycles. The Balaban J connectivity index is 1.67. The van der Waals surface area contributed by atoms with Gasteiger partial charge in [-0.1, -0.05) is 11.6 Å². The minimum absolute atomic E-state index is 0.0119. The Bertz CT molecular complexity index is 1520. The van der Waals surface area contributed by atoms with Gasteiger partial charge in [-0.25, -0.2) is 17.8 Å². The van der Waals surface area contributed by atoms with Crippen molar-refractivity contribution in [3.8, 4) is 0 Å². The van der Waals surface area contributed by atoms with Crippen molar-refractivity contribution in [1.82, 2.24) is 18.8 Å². The molecule has 202 valence electrons. The van der Waals surface area contributed by atoms with Crippen molar-refractivity contribution >= 4 is 56.0 Å². The first-order valence-corrected chi connectivity index (χ1v) is 14.3. The molecule has 1 aromatic carbocycles. The van der Waals surface area contributed by atoms with Gasteiger partial charge in [0.25, 0.3) is 5.91 Å². The van der Waals surface area contributed by atoms with E-state index in [2.05, 4.69) is 4.98 Å². The van der Waals surface area contributed by atoms with E-state index in [4.69, 9.17) is 11.6 Å². The van der Waals surface area contributed by atoms with Crippen molar-refractivity contribution in [2.75, 3.05) is 25.5 Å². The summed E-state index contributed by atoms with van der Waals surface area (Å²) in [6.45, 7) is 1.62. The molecule has 1 unspecified atom stereocenters. The summed E-state index contributed by atoms with van der Waals surface area (Å²) in [4.78, 5) is 33.2. The van der Waals surface area contributed by atoms with Crippen LogP contribution in [-0.2, 0) is 28.4 Å². The number of anilines is 1. The summed E-state index contributed by atoms with van der Waals surface area (Å²) >= 11 is 7.27. The average Bonchev–Trinajstić information content (AvgIpc) is 3.57. The first-order chi connectivity index (χ1) is 17.9. The fourth-order valence-corrected chi connectivity index (χ4v) is 6.87. The fourth-order valence-electron chi connectivity index (χ4n) is 4.23. The van der Waals surface area contributed by atoms with E-state index in [9.17, 15) is 18.0 Å². The van der Waals surface area contributed by atoms with E-state index < -0.39 is 27.8 Å². The van der Waals surface area contributed by atoms with Gasteiger partial charge >= 0.3 is 0 Å². The lowest BCUT2D eigenvalue weighted by Gasteiger charge is -2.26. The zero-order valence-electron chi connectivity index (χ0n) is 21.3. The van der Waals surface area contributed by atoms with Gasteiger partial charge < -0.3 is 14.4 Å². The van der Waals surface area contributed by atoms with Crippen LogP contribution in [0.2, 0.25) is 4.34 Å². The molecule has 13 heteroatoms. The smallest absolute Gasteiger partial charge is 0.253 e. The molecule has 1 aliphatic heterocycles. The second kappa shape index (κ2) is 11.0. The number of carbonyl (C=O) groups is 2. The Morgan fingerprint density at radius 2 is 2.03 bits per heavy atom. The van der Waals surface area contributed by atoms with Gasteiger partial charge in [0.2, 0.25) is 15.9 Å². The van der Waals surface area contributed by atoms with Gasteiger partial charge in [0.05, 0.1) is 22.0 Å². The van der Waals surface area contributed by atoms with Crippen LogP contribution in [0.4, 0.5) is 10.1 Å². The normalized spacial score (nSPS) is 16.5. The Kier molecular flexibility index (Phi) is 8.07. The summed E-state index contributed by atoms with van der Waals surface area (Å²) in [6, 6.07) is 6.24. The number of imidazole rings is 1. The quantitative estimate of drug-likeness (QED) is 0.402. The topological polar surface area (TPSA) is 95.8 Å². The summed E-state index contributed by atoms with van der Waals surface area (Å²) in [5.74, 6) is -1.22. The molecule has 9 nitrogen and oxygen atoms in total. The molecule has 0 radical (unpaired) electrons. The molecule has 0 aliphatic carbocycles. The molecule has 1 fully saturated rings. The number of amides is 2. The highest BCUT2D eigenvalue weighted by Crippen LogP contribution is 2.32. The molecule has 1 saturated heterocycles. The molecule has 0 saturated carbocycles. The zero-order valence-corrected chi connectivity index (χ0v) is 23.6. The molecule has 1 aliphatic rings. The maximum atomic E-state index is 15.1. The highest BCUT2D eigenvalue weighted by molar-refractivity contribution is 7.92. The predicted molar refractivity (Wildman–Crippen MR) is 146 cm³/mol.